The highest BCUT2D eigenvalue weighted by Gasteiger charge is 2.73. The molecule has 1 saturated heterocycles. The Labute approximate surface area is 217 Å². The van der Waals surface area contributed by atoms with Crippen molar-refractivity contribution in [3.63, 3.8) is 0 Å². The fourth-order valence-electron chi connectivity index (χ4n) is 8.51. The number of ether oxygens (including phenoxy) is 3. The van der Waals surface area contributed by atoms with Crippen LogP contribution in [0.2, 0.25) is 0 Å². The van der Waals surface area contributed by atoms with Gasteiger partial charge in [-0.15, -0.1) is 0 Å². The molecule has 12 atom stereocenters. The zero-order chi connectivity index (χ0) is 27.1. The minimum atomic E-state index is -1.70. The van der Waals surface area contributed by atoms with Gasteiger partial charge >= 0.3 is 0 Å². The van der Waals surface area contributed by atoms with Crippen LogP contribution >= 0.6 is 0 Å². The van der Waals surface area contributed by atoms with E-state index in [0.717, 1.165) is 5.57 Å². The maximum atomic E-state index is 13.7. The van der Waals surface area contributed by atoms with E-state index in [-0.39, 0.29) is 36.3 Å². The molecule has 0 aromatic rings. The maximum absolute atomic E-state index is 13.7. The lowest BCUT2D eigenvalue weighted by Gasteiger charge is -2.59. The van der Waals surface area contributed by atoms with Crippen LogP contribution in [0.5, 0.6) is 0 Å². The van der Waals surface area contributed by atoms with E-state index in [1.54, 1.807) is 13.8 Å². The Hall–Kier alpha value is -1.49. The summed E-state index contributed by atoms with van der Waals surface area (Å²) in [6.45, 7) is 6.93. The first-order valence-corrected chi connectivity index (χ1v) is 13.5. The fraction of sp³-hybridized carbons (Fsp3) is 0.821. The first kappa shape index (κ1) is 27.1. The summed E-state index contributed by atoms with van der Waals surface area (Å²) in [5.74, 6) is -2.17. The average molecular weight is 521 g/mol. The summed E-state index contributed by atoms with van der Waals surface area (Å²) in [4.78, 5) is 39.4. The summed E-state index contributed by atoms with van der Waals surface area (Å²) >= 11 is 0. The van der Waals surface area contributed by atoms with Gasteiger partial charge < -0.3 is 29.5 Å². The first-order chi connectivity index (χ1) is 17.3. The van der Waals surface area contributed by atoms with Crippen molar-refractivity contribution in [1.29, 1.82) is 0 Å². The highest BCUT2D eigenvalue weighted by Crippen LogP contribution is 2.66. The molecule has 0 spiro atoms. The SMILES string of the molecule is CO[C@H]1[C@@H](O)[C@@H](C)O[C@@H](O[C@H]2CC[C@@]3(C)C(=CC[C@@H]4[C@@H]3C(=O)C[C@]3(C)[C@@H](C(C)=O)CC(=O)[C@]43O)C2)[C@@H]1O. The molecular formula is C28H40O9. The summed E-state index contributed by atoms with van der Waals surface area (Å²) in [6.07, 6.45) is -0.545. The van der Waals surface area contributed by atoms with E-state index in [1.807, 2.05) is 13.0 Å². The number of rotatable bonds is 4. The van der Waals surface area contributed by atoms with Crippen molar-refractivity contribution in [1.82, 2.24) is 0 Å². The topological polar surface area (TPSA) is 140 Å². The van der Waals surface area contributed by atoms with Crippen LogP contribution in [0, 0.1) is 28.6 Å². The van der Waals surface area contributed by atoms with Crippen LogP contribution in [-0.2, 0) is 28.6 Å². The van der Waals surface area contributed by atoms with Gasteiger partial charge in [-0.1, -0.05) is 25.5 Å². The van der Waals surface area contributed by atoms with Crippen LogP contribution in [-0.4, -0.2) is 82.2 Å². The monoisotopic (exact) mass is 520 g/mol. The lowest BCUT2D eigenvalue weighted by molar-refractivity contribution is -0.309. The fourth-order valence-corrected chi connectivity index (χ4v) is 8.51. The molecule has 9 heteroatoms. The maximum Gasteiger partial charge on any atom is 0.186 e. The summed E-state index contributed by atoms with van der Waals surface area (Å²) in [6, 6.07) is 0. The van der Waals surface area contributed by atoms with Gasteiger partial charge in [0.1, 0.15) is 35.5 Å². The number of Topliss-reactive ketones (excluding diaryl/α,β-unsaturated/α-hetero) is 3. The number of carbonyl (C=O) groups is 3. The van der Waals surface area contributed by atoms with Crippen molar-refractivity contribution in [2.45, 2.75) is 109 Å². The van der Waals surface area contributed by atoms with Crippen molar-refractivity contribution in [2.75, 3.05) is 7.11 Å². The molecule has 3 saturated carbocycles. The Kier molecular flexibility index (Phi) is 6.61. The number of aliphatic hydroxyl groups is 3. The average Bonchev–Trinajstić information content (AvgIpc) is 3.04. The van der Waals surface area contributed by atoms with Gasteiger partial charge in [0.2, 0.25) is 0 Å². The van der Waals surface area contributed by atoms with Crippen molar-refractivity contribution >= 4 is 17.3 Å². The molecule has 1 aliphatic heterocycles. The molecule has 0 unspecified atom stereocenters. The second kappa shape index (κ2) is 9.03. The Morgan fingerprint density at radius 2 is 1.86 bits per heavy atom. The second-order valence-corrected chi connectivity index (χ2v) is 12.5. The van der Waals surface area contributed by atoms with Crippen molar-refractivity contribution in [2.24, 2.45) is 28.6 Å². The van der Waals surface area contributed by atoms with E-state index in [4.69, 9.17) is 14.2 Å². The standard InChI is InChI=1S/C28H40O9/c1-13(29)18-11-20(31)28(34)17-7-6-15-10-16(37-25-23(33)24(35-5)22(32)14(2)36-25)8-9-26(15,3)21(17)19(30)12-27(18,28)4/h6,14,16-18,21-25,32-34H,7-12H2,1-5H3/t14-,16+,17-,18-,21-,22+,23-,24+,25+,26+,27-,28-/m1/s1. The molecule has 4 aliphatic carbocycles. The van der Waals surface area contributed by atoms with Crippen molar-refractivity contribution in [3.8, 4) is 0 Å². The molecule has 0 aromatic heterocycles. The highest BCUT2D eigenvalue weighted by atomic mass is 16.7. The molecule has 4 fully saturated rings. The zero-order valence-corrected chi connectivity index (χ0v) is 22.3. The Morgan fingerprint density at radius 1 is 1.16 bits per heavy atom. The van der Waals surface area contributed by atoms with Gasteiger partial charge in [-0.2, -0.15) is 0 Å². The largest absolute Gasteiger partial charge is 0.388 e. The van der Waals surface area contributed by atoms with Gasteiger partial charge in [0, 0.05) is 43.1 Å². The minimum absolute atomic E-state index is 0.0126. The number of hydrogen-bond donors (Lipinski definition) is 3. The highest BCUT2D eigenvalue weighted by molar-refractivity contribution is 6.01. The zero-order valence-electron chi connectivity index (χ0n) is 22.3. The Bertz CT molecular complexity index is 1020. The number of fused-ring (bicyclic) bond motifs is 5. The predicted molar refractivity (Wildman–Crippen MR) is 130 cm³/mol. The summed E-state index contributed by atoms with van der Waals surface area (Å²) in [5.41, 5.74) is -2.26. The molecule has 0 amide bonds. The molecule has 9 nitrogen and oxygen atoms in total. The van der Waals surface area contributed by atoms with Crippen molar-refractivity contribution < 1.29 is 43.9 Å². The lowest BCUT2D eigenvalue weighted by Crippen LogP contribution is -2.66. The van der Waals surface area contributed by atoms with E-state index in [2.05, 4.69) is 0 Å². The first-order valence-electron chi connectivity index (χ1n) is 13.5. The molecular weight excluding hydrogens is 480 g/mol. The second-order valence-electron chi connectivity index (χ2n) is 12.5. The van der Waals surface area contributed by atoms with Crippen LogP contribution in [0.1, 0.15) is 66.2 Å². The Morgan fingerprint density at radius 3 is 2.51 bits per heavy atom. The van der Waals surface area contributed by atoms with Crippen LogP contribution in [0.15, 0.2) is 11.6 Å². The van der Waals surface area contributed by atoms with Crippen LogP contribution in [0.3, 0.4) is 0 Å². The molecule has 0 bridgehead atoms. The van der Waals surface area contributed by atoms with E-state index >= 15 is 0 Å². The molecule has 1 heterocycles. The van der Waals surface area contributed by atoms with E-state index in [1.165, 1.54) is 14.0 Å². The van der Waals surface area contributed by atoms with Crippen LogP contribution in [0.4, 0.5) is 0 Å². The predicted octanol–water partition coefficient (Wildman–Crippen LogP) is 1.49. The smallest absolute Gasteiger partial charge is 0.186 e. The van der Waals surface area contributed by atoms with Gasteiger partial charge in [0.25, 0.3) is 0 Å². The van der Waals surface area contributed by atoms with Gasteiger partial charge in [-0.3, -0.25) is 14.4 Å². The number of allylic oxidation sites excluding steroid dienone is 1. The third kappa shape index (κ3) is 3.68. The summed E-state index contributed by atoms with van der Waals surface area (Å²) < 4.78 is 17.2. The normalized spacial score (nSPS) is 51.7. The summed E-state index contributed by atoms with van der Waals surface area (Å²) in [5, 5.41) is 32.9. The number of carbonyl (C=O) groups excluding carboxylic acids is 3. The number of ketones is 3. The van der Waals surface area contributed by atoms with Gasteiger partial charge in [-0.25, -0.2) is 0 Å². The number of methoxy groups -OCH3 is 1. The quantitative estimate of drug-likeness (QED) is 0.471. The van der Waals surface area contributed by atoms with Gasteiger partial charge in [0.05, 0.1) is 12.2 Å². The number of aliphatic hydroxyl groups excluding tert-OH is 2. The van der Waals surface area contributed by atoms with Gasteiger partial charge in [0.15, 0.2) is 12.1 Å². The van der Waals surface area contributed by atoms with Crippen molar-refractivity contribution in [3.05, 3.63) is 11.6 Å². The number of hydrogen-bond acceptors (Lipinski definition) is 9. The summed E-state index contributed by atoms with van der Waals surface area (Å²) in [7, 11) is 1.43. The molecule has 5 rings (SSSR count). The molecule has 37 heavy (non-hydrogen) atoms. The van der Waals surface area contributed by atoms with E-state index in [9.17, 15) is 29.7 Å². The van der Waals surface area contributed by atoms with Gasteiger partial charge in [-0.05, 0) is 44.9 Å². The third-order valence-corrected chi connectivity index (χ3v) is 10.6. The minimum Gasteiger partial charge on any atom is -0.388 e. The molecule has 5 aliphatic rings. The molecule has 0 radical (unpaired) electrons. The third-order valence-electron chi connectivity index (χ3n) is 10.6. The molecule has 3 N–H and O–H groups in total. The van der Waals surface area contributed by atoms with E-state index < -0.39 is 64.9 Å². The van der Waals surface area contributed by atoms with E-state index in [0.29, 0.717) is 25.7 Å². The molecule has 0 aromatic carbocycles. The van der Waals surface area contributed by atoms with Crippen LogP contribution < -0.4 is 0 Å². The Balaban J connectivity index is 1.39. The van der Waals surface area contributed by atoms with Crippen LogP contribution in [0.25, 0.3) is 0 Å². The molecule has 206 valence electrons. The lowest BCUT2D eigenvalue weighted by atomic mass is 9.45.